The van der Waals surface area contributed by atoms with Crippen LogP contribution in [0.4, 0.5) is 0 Å². The van der Waals surface area contributed by atoms with Gasteiger partial charge in [0.25, 0.3) is 5.91 Å². The van der Waals surface area contributed by atoms with Gasteiger partial charge in [-0.05, 0) is 35.4 Å². The van der Waals surface area contributed by atoms with Crippen LogP contribution in [0.5, 0.6) is 5.75 Å². The van der Waals surface area contributed by atoms with E-state index in [4.69, 9.17) is 9.47 Å². The molecule has 1 aliphatic heterocycles. The maximum atomic E-state index is 12.7. The Bertz CT molecular complexity index is 737. The summed E-state index contributed by atoms with van der Waals surface area (Å²) in [5, 5.41) is 2.71. The van der Waals surface area contributed by atoms with Crippen LogP contribution in [0.1, 0.15) is 53.0 Å². The van der Waals surface area contributed by atoms with Crippen LogP contribution < -0.4 is 10.1 Å². The number of ether oxygens (including phenoxy) is 2. The van der Waals surface area contributed by atoms with Crippen LogP contribution in [0.15, 0.2) is 24.3 Å². The molecule has 1 unspecified atom stereocenters. The van der Waals surface area contributed by atoms with E-state index in [1.807, 2.05) is 38.1 Å². The van der Waals surface area contributed by atoms with Crippen LogP contribution in [0.2, 0.25) is 0 Å². The Morgan fingerprint density at radius 2 is 1.87 bits per heavy atom. The summed E-state index contributed by atoms with van der Waals surface area (Å²) in [4.78, 5) is 38.5. The van der Waals surface area contributed by atoms with Gasteiger partial charge in [-0.1, -0.05) is 46.8 Å². The number of piperazine rings is 1. The van der Waals surface area contributed by atoms with Crippen molar-refractivity contribution in [1.82, 2.24) is 10.2 Å². The van der Waals surface area contributed by atoms with Gasteiger partial charge < -0.3 is 19.7 Å². The topological polar surface area (TPSA) is 84.9 Å². The molecule has 1 aliphatic rings. The molecule has 0 aliphatic carbocycles. The van der Waals surface area contributed by atoms with E-state index < -0.39 is 12.0 Å². The molecule has 2 amide bonds. The normalized spacial score (nSPS) is 16.9. The van der Waals surface area contributed by atoms with E-state index in [0.29, 0.717) is 31.4 Å². The number of benzene rings is 1. The van der Waals surface area contributed by atoms with Crippen molar-refractivity contribution in [3.8, 4) is 5.75 Å². The molecule has 1 atom stereocenters. The minimum atomic E-state index is -0.871. The highest BCUT2D eigenvalue weighted by Gasteiger charge is 2.35. The average molecular weight is 419 g/mol. The van der Waals surface area contributed by atoms with Gasteiger partial charge in [0.15, 0.2) is 6.61 Å². The minimum absolute atomic E-state index is 0.0342. The van der Waals surface area contributed by atoms with E-state index in [1.165, 1.54) is 10.5 Å². The van der Waals surface area contributed by atoms with Crippen LogP contribution in [0.3, 0.4) is 0 Å². The molecule has 1 fully saturated rings. The summed E-state index contributed by atoms with van der Waals surface area (Å²) in [6.07, 6.45) is 0.600. The van der Waals surface area contributed by atoms with Crippen molar-refractivity contribution >= 4 is 17.8 Å². The van der Waals surface area contributed by atoms with E-state index in [0.717, 1.165) is 6.42 Å². The first-order chi connectivity index (χ1) is 14.1. The summed E-state index contributed by atoms with van der Waals surface area (Å²) in [7, 11) is 0. The fraction of sp³-hybridized carbons (Fsp3) is 0.609. The third kappa shape index (κ3) is 7.04. The highest BCUT2D eigenvalue weighted by atomic mass is 16.5. The van der Waals surface area contributed by atoms with Gasteiger partial charge in [-0.25, -0.2) is 0 Å². The maximum absolute atomic E-state index is 12.7. The van der Waals surface area contributed by atoms with Gasteiger partial charge >= 0.3 is 5.97 Å². The molecule has 0 saturated carbocycles. The molecule has 1 aromatic rings. The van der Waals surface area contributed by atoms with Crippen molar-refractivity contribution in [2.24, 2.45) is 5.92 Å². The van der Waals surface area contributed by atoms with Gasteiger partial charge in [-0.3, -0.25) is 14.4 Å². The molecule has 166 valence electrons. The van der Waals surface area contributed by atoms with Crippen LogP contribution in [0.25, 0.3) is 0 Å². The second kappa shape index (κ2) is 10.5. The first-order valence-corrected chi connectivity index (χ1v) is 10.5. The van der Waals surface area contributed by atoms with E-state index in [-0.39, 0.29) is 30.3 Å². The lowest BCUT2D eigenvalue weighted by molar-refractivity contribution is -0.152. The number of esters is 1. The highest BCUT2D eigenvalue weighted by Crippen LogP contribution is 2.24. The average Bonchev–Trinajstić information content (AvgIpc) is 2.67. The smallest absolute Gasteiger partial charge is 0.308 e. The zero-order chi connectivity index (χ0) is 22.3. The van der Waals surface area contributed by atoms with Crippen LogP contribution in [-0.4, -0.2) is 55.0 Å². The van der Waals surface area contributed by atoms with Gasteiger partial charge in [-0.15, -0.1) is 0 Å². The minimum Gasteiger partial charge on any atom is -0.484 e. The van der Waals surface area contributed by atoms with Crippen molar-refractivity contribution in [2.75, 3.05) is 26.3 Å². The Balaban J connectivity index is 1.93. The van der Waals surface area contributed by atoms with Gasteiger partial charge in [0, 0.05) is 13.1 Å². The first kappa shape index (κ1) is 23.7. The van der Waals surface area contributed by atoms with Crippen LogP contribution >= 0.6 is 0 Å². The standard InChI is InChI=1S/C23H34N2O5/c1-16(2)10-13-29-21(27)14-19-22(28)24-11-12-25(19)20(26)15-30-18-8-6-17(7-9-18)23(3,4)5/h6-9,16,19H,10-15H2,1-5H3,(H,24,28). The van der Waals surface area contributed by atoms with E-state index >= 15 is 0 Å². The molecule has 30 heavy (non-hydrogen) atoms. The fourth-order valence-corrected chi connectivity index (χ4v) is 3.12. The molecular formula is C23H34N2O5. The Kier molecular flexibility index (Phi) is 8.26. The summed E-state index contributed by atoms with van der Waals surface area (Å²) in [6, 6.07) is 6.75. The van der Waals surface area contributed by atoms with Gasteiger partial charge in [0.2, 0.25) is 5.91 Å². The summed E-state index contributed by atoms with van der Waals surface area (Å²) < 4.78 is 10.8. The lowest BCUT2D eigenvalue weighted by atomic mass is 9.87. The van der Waals surface area contributed by atoms with Crippen LogP contribution in [0, 0.1) is 5.92 Å². The zero-order valence-corrected chi connectivity index (χ0v) is 18.7. The summed E-state index contributed by atoms with van der Waals surface area (Å²) in [6.45, 7) is 11.3. The molecule has 1 aromatic carbocycles. The number of amides is 2. The molecule has 1 saturated heterocycles. The maximum Gasteiger partial charge on any atom is 0.308 e. The predicted octanol–water partition coefficient (Wildman–Crippen LogP) is 2.67. The molecule has 1 heterocycles. The SMILES string of the molecule is CC(C)CCOC(=O)CC1C(=O)NCCN1C(=O)COc1ccc(C(C)(C)C)cc1. The first-order valence-electron chi connectivity index (χ1n) is 10.5. The van der Waals surface area contributed by atoms with Crippen molar-refractivity contribution in [3.63, 3.8) is 0 Å². The van der Waals surface area contributed by atoms with Crippen molar-refractivity contribution in [2.45, 2.75) is 58.9 Å². The molecule has 0 aromatic heterocycles. The second-order valence-electron chi connectivity index (χ2n) is 9.06. The predicted molar refractivity (Wildman–Crippen MR) is 114 cm³/mol. The Hall–Kier alpha value is -2.57. The molecule has 1 N–H and O–H groups in total. The van der Waals surface area contributed by atoms with Crippen molar-refractivity contribution in [1.29, 1.82) is 0 Å². The largest absolute Gasteiger partial charge is 0.484 e. The van der Waals surface area contributed by atoms with E-state index in [9.17, 15) is 14.4 Å². The summed E-state index contributed by atoms with van der Waals surface area (Å²) in [5.41, 5.74) is 1.21. The number of hydrogen-bond donors (Lipinski definition) is 1. The lowest BCUT2D eigenvalue weighted by Crippen LogP contribution is -2.58. The molecule has 0 bridgehead atoms. The zero-order valence-electron chi connectivity index (χ0n) is 18.7. The van der Waals surface area contributed by atoms with E-state index in [1.54, 1.807) is 0 Å². The summed E-state index contributed by atoms with van der Waals surface area (Å²) >= 11 is 0. The van der Waals surface area contributed by atoms with Crippen molar-refractivity contribution < 1.29 is 23.9 Å². The van der Waals surface area contributed by atoms with E-state index in [2.05, 4.69) is 26.1 Å². The third-order valence-corrected chi connectivity index (χ3v) is 5.05. The quantitative estimate of drug-likeness (QED) is 0.656. The molecule has 0 spiro atoms. The number of carbonyl (C=O) groups is 3. The molecule has 2 rings (SSSR count). The Morgan fingerprint density at radius 3 is 2.47 bits per heavy atom. The Morgan fingerprint density at radius 1 is 1.20 bits per heavy atom. The number of nitrogens with one attached hydrogen (secondary N) is 1. The lowest BCUT2D eigenvalue weighted by Gasteiger charge is -2.34. The monoisotopic (exact) mass is 418 g/mol. The second-order valence-corrected chi connectivity index (χ2v) is 9.06. The number of nitrogens with zero attached hydrogens (tertiary/aromatic N) is 1. The Labute approximate surface area is 179 Å². The fourth-order valence-electron chi connectivity index (χ4n) is 3.12. The summed E-state index contributed by atoms with van der Waals surface area (Å²) in [5.74, 6) is -0.144. The number of carbonyl (C=O) groups excluding carboxylic acids is 3. The molecular weight excluding hydrogens is 384 g/mol. The van der Waals surface area contributed by atoms with Crippen LogP contribution in [-0.2, 0) is 24.5 Å². The van der Waals surface area contributed by atoms with Gasteiger partial charge in [0.05, 0.1) is 13.0 Å². The highest BCUT2D eigenvalue weighted by molar-refractivity contribution is 5.92. The molecule has 0 radical (unpaired) electrons. The number of rotatable bonds is 8. The molecule has 7 heteroatoms. The molecule has 7 nitrogen and oxygen atoms in total. The number of hydrogen-bond acceptors (Lipinski definition) is 5. The third-order valence-electron chi connectivity index (χ3n) is 5.05. The van der Waals surface area contributed by atoms with Gasteiger partial charge in [0.1, 0.15) is 11.8 Å². The van der Waals surface area contributed by atoms with Gasteiger partial charge in [-0.2, -0.15) is 0 Å². The van der Waals surface area contributed by atoms with Crippen molar-refractivity contribution in [3.05, 3.63) is 29.8 Å².